The molecule has 2 N–H and O–H groups in total. The van der Waals surface area contributed by atoms with Crippen molar-refractivity contribution in [2.75, 3.05) is 7.11 Å². The average Bonchev–Trinajstić information content (AvgIpc) is 2.10. The first-order valence-corrected chi connectivity index (χ1v) is 2.72. The van der Waals surface area contributed by atoms with Gasteiger partial charge >= 0.3 is 0 Å². The summed E-state index contributed by atoms with van der Waals surface area (Å²) in [6.07, 6.45) is 0. The third-order valence-corrected chi connectivity index (χ3v) is 0.979. The Bertz CT molecular complexity index is 150. The monoisotopic (exact) mass is 142 g/mol. The van der Waals surface area contributed by atoms with Gasteiger partial charge in [0.25, 0.3) is 0 Å². The van der Waals surface area contributed by atoms with Crippen molar-refractivity contribution in [1.29, 1.82) is 0 Å². The molecule has 0 saturated carbocycles. The summed E-state index contributed by atoms with van der Waals surface area (Å²) in [5.74, 6) is 0.910. The SMILES string of the molecule is COc1ccccc1.OO. The zero-order valence-electron chi connectivity index (χ0n) is 5.69. The maximum Gasteiger partial charge on any atom is 0.118 e. The van der Waals surface area contributed by atoms with Gasteiger partial charge in [-0.3, -0.25) is 10.5 Å². The fourth-order valence-electron chi connectivity index (χ4n) is 0.557. The van der Waals surface area contributed by atoms with Crippen LogP contribution in [0.25, 0.3) is 0 Å². The van der Waals surface area contributed by atoms with E-state index in [1.165, 1.54) is 0 Å². The summed E-state index contributed by atoms with van der Waals surface area (Å²) in [6.45, 7) is 0. The van der Waals surface area contributed by atoms with Crippen LogP contribution in [0, 0.1) is 0 Å². The van der Waals surface area contributed by atoms with E-state index in [1.807, 2.05) is 30.3 Å². The van der Waals surface area contributed by atoms with Gasteiger partial charge in [-0.15, -0.1) is 0 Å². The van der Waals surface area contributed by atoms with Crippen LogP contribution in [0.4, 0.5) is 0 Å². The van der Waals surface area contributed by atoms with Crippen LogP contribution in [-0.4, -0.2) is 17.6 Å². The van der Waals surface area contributed by atoms with Gasteiger partial charge in [0.05, 0.1) is 7.11 Å². The topological polar surface area (TPSA) is 49.7 Å². The molecule has 0 amide bonds. The van der Waals surface area contributed by atoms with Gasteiger partial charge in [-0.25, -0.2) is 0 Å². The normalized spacial score (nSPS) is 7.50. The first-order valence-electron chi connectivity index (χ1n) is 2.72. The average molecular weight is 142 g/mol. The van der Waals surface area contributed by atoms with Gasteiger partial charge in [0.15, 0.2) is 0 Å². The van der Waals surface area contributed by atoms with E-state index in [0.29, 0.717) is 0 Å². The lowest BCUT2D eigenvalue weighted by molar-refractivity contribution is -0.176. The molecule has 0 fully saturated rings. The van der Waals surface area contributed by atoms with E-state index in [9.17, 15) is 0 Å². The number of methoxy groups -OCH3 is 1. The van der Waals surface area contributed by atoms with E-state index in [-0.39, 0.29) is 0 Å². The Morgan fingerprint density at radius 2 is 1.60 bits per heavy atom. The molecule has 0 saturated heterocycles. The molecule has 1 aromatic rings. The largest absolute Gasteiger partial charge is 0.497 e. The van der Waals surface area contributed by atoms with Gasteiger partial charge in [-0.05, 0) is 12.1 Å². The summed E-state index contributed by atoms with van der Waals surface area (Å²) in [5, 5.41) is 12.0. The van der Waals surface area contributed by atoms with Crippen molar-refractivity contribution in [3.63, 3.8) is 0 Å². The summed E-state index contributed by atoms with van der Waals surface area (Å²) < 4.78 is 4.91. The minimum Gasteiger partial charge on any atom is -0.497 e. The number of benzene rings is 1. The van der Waals surface area contributed by atoms with Gasteiger partial charge in [-0.2, -0.15) is 0 Å². The molecule has 1 rings (SSSR count). The van der Waals surface area contributed by atoms with Crippen LogP contribution in [0.5, 0.6) is 5.75 Å². The molecule has 0 radical (unpaired) electrons. The molecule has 0 heterocycles. The van der Waals surface area contributed by atoms with Crippen LogP contribution in [0.2, 0.25) is 0 Å². The number of ether oxygens (including phenoxy) is 1. The molecule has 56 valence electrons. The smallest absolute Gasteiger partial charge is 0.118 e. The van der Waals surface area contributed by atoms with Crippen LogP contribution in [0.15, 0.2) is 30.3 Å². The zero-order chi connectivity index (χ0) is 7.82. The van der Waals surface area contributed by atoms with Gasteiger partial charge in [0, 0.05) is 0 Å². The lowest BCUT2D eigenvalue weighted by Crippen LogP contribution is -1.78. The highest BCUT2D eigenvalue weighted by atomic mass is 17.0. The Kier molecular flexibility index (Phi) is 5.42. The lowest BCUT2D eigenvalue weighted by Gasteiger charge is -1.93. The number of hydrogen-bond acceptors (Lipinski definition) is 3. The van der Waals surface area contributed by atoms with Crippen molar-refractivity contribution in [1.82, 2.24) is 0 Å². The van der Waals surface area contributed by atoms with Crippen molar-refractivity contribution in [3.8, 4) is 5.75 Å². The molecule has 0 aliphatic heterocycles. The Labute approximate surface area is 59.4 Å². The minimum atomic E-state index is 0.910. The van der Waals surface area contributed by atoms with Crippen LogP contribution in [0.3, 0.4) is 0 Å². The van der Waals surface area contributed by atoms with E-state index < -0.39 is 0 Å². The molecule has 0 spiro atoms. The van der Waals surface area contributed by atoms with E-state index in [2.05, 4.69) is 0 Å². The first kappa shape index (κ1) is 8.94. The fraction of sp³-hybridized carbons (Fsp3) is 0.143. The number of rotatable bonds is 1. The quantitative estimate of drug-likeness (QED) is 0.463. The summed E-state index contributed by atoms with van der Waals surface area (Å²) in [4.78, 5) is 0. The molecule has 1 aromatic carbocycles. The highest BCUT2D eigenvalue weighted by molar-refractivity contribution is 5.20. The van der Waals surface area contributed by atoms with Crippen molar-refractivity contribution in [2.45, 2.75) is 0 Å². The van der Waals surface area contributed by atoms with E-state index in [4.69, 9.17) is 15.3 Å². The molecule has 0 aliphatic rings. The predicted molar refractivity (Wildman–Crippen MR) is 38.3 cm³/mol. The molecule has 0 unspecified atom stereocenters. The number of para-hydroxylation sites is 1. The molecule has 3 nitrogen and oxygen atoms in total. The Hall–Kier alpha value is -1.06. The van der Waals surface area contributed by atoms with E-state index >= 15 is 0 Å². The maximum absolute atomic E-state index is 6.00. The molecule has 10 heavy (non-hydrogen) atoms. The number of hydrogen-bond donors (Lipinski definition) is 2. The van der Waals surface area contributed by atoms with Crippen LogP contribution < -0.4 is 4.74 Å². The Balaban J connectivity index is 0.000000371. The van der Waals surface area contributed by atoms with Crippen LogP contribution in [-0.2, 0) is 0 Å². The van der Waals surface area contributed by atoms with Gasteiger partial charge in [-0.1, -0.05) is 18.2 Å². The van der Waals surface area contributed by atoms with Gasteiger partial charge < -0.3 is 4.74 Å². The van der Waals surface area contributed by atoms with Crippen LogP contribution >= 0.6 is 0 Å². The summed E-state index contributed by atoms with van der Waals surface area (Å²) >= 11 is 0. The summed E-state index contributed by atoms with van der Waals surface area (Å²) in [7, 11) is 1.66. The predicted octanol–water partition coefficient (Wildman–Crippen LogP) is 1.71. The second-order valence-corrected chi connectivity index (χ2v) is 1.52. The molecule has 0 bridgehead atoms. The third kappa shape index (κ3) is 3.06. The third-order valence-electron chi connectivity index (χ3n) is 0.979. The first-order chi connectivity index (χ1) is 4.93. The molecule has 0 aliphatic carbocycles. The molecule has 0 aromatic heterocycles. The van der Waals surface area contributed by atoms with Crippen molar-refractivity contribution in [2.24, 2.45) is 0 Å². The van der Waals surface area contributed by atoms with E-state index in [1.54, 1.807) is 7.11 Å². The molecular weight excluding hydrogens is 132 g/mol. The van der Waals surface area contributed by atoms with Crippen molar-refractivity contribution in [3.05, 3.63) is 30.3 Å². The minimum absolute atomic E-state index is 0.910. The fourth-order valence-corrected chi connectivity index (χ4v) is 0.557. The second-order valence-electron chi connectivity index (χ2n) is 1.52. The Morgan fingerprint density at radius 3 is 1.90 bits per heavy atom. The summed E-state index contributed by atoms with van der Waals surface area (Å²) in [6, 6.07) is 9.68. The molecule has 3 heteroatoms. The standard InChI is InChI=1S/C7H8O.H2O2/c1-8-7-5-3-2-4-6-7;1-2/h2-6H,1H3;1-2H. The Morgan fingerprint density at radius 1 is 1.10 bits per heavy atom. The second kappa shape index (κ2) is 6.07. The van der Waals surface area contributed by atoms with Crippen LogP contribution in [0.1, 0.15) is 0 Å². The van der Waals surface area contributed by atoms with Crippen molar-refractivity contribution >= 4 is 0 Å². The van der Waals surface area contributed by atoms with Gasteiger partial charge in [0.2, 0.25) is 0 Å². The molecule has 0 atom stereocenters. The highest BCUT2D eigenvalue weighted by Gasteiger charge is 1.80. The summed E-state index contributed by atoms with van der Waals surface area (Å²) in [5.41, 5.74) is 0. The van der Waals surface area contributed by atoms with E-state index in [0.717, 1.165) is 5.75 Å². The van der Waals surface area contributed by atoms with Gasteiger partial charge in [0.1, 0.15) is 5.75 Å². The maximum atomic E-state index is 6.00. The van der Waals surface area contributed by atoms with Crippen molar-refractivity contribution < 1.29 is 15.3 Å². The molecular formula is C7H10O3. The lowest BCUT2D eigenvalue weighted by atomic mass is 10.3. The zero-order valence-corrected chi connectivity index (χ0v) is 5.69. The highest BCUT2D eigenvalue weighted by Crippen LogP contribution is 2.05.